The highest BCUT2D eigenvalue weighted by atomic mass is 16.2. The molecule has 28 heavy (non-hydrogen) atoms. The van der Waals surface area contributed by atoms with Gasteiger partial charge in [0.2, 0.25) is 0 Å². The van der Waals surface area contributed by atoms with E-state index in [1.54, 1.807) is 4.57 Å². The van der Waals surface area contributed by atoms with Crippen molar-refractivity contribution in [3.8, 4) is 0 Å². The Morgan fingerprint density at radius 1 is 1.11 bits per heavy atom. The topological polar surface area (TPSA) is 45.5 Å². The minimum Gasteiger partial charge on any atom is -0.367 e. The van der Waals surface area contributed by atoms with E-state index in [1.165, 1.54) is 16.8 Å². The lowest BCUT2D eigenvalue weighted by Gasteiger charge is -2.41. The second kappa shape index (κ2) is 7.46. The number of aromatic nitrogens is 1. The molecule has 2 heterocycles. The summed E-state index contributed by atoms with van der Waals surface area (Å²) in [5.41, 5.74) is 4.93. The van der Waals surface area contributed by atoms with Crippen molar-refractivity contribution in [2.75, 3.05) is 24.5 Å². The number of nitrogens with zero attached hydrogens (tertiary/aromatic N) is 3. The molecule has 1 fully saturated rings. The number of rotatable bonds is 2. The van der Waals surface area contributed by atoms with Gasteiger partial charge >= 0.3 is 0 Å². The number of aryl methyl sites for hydroxylation is 2. The number of anilines is 1. The number of fused-ring (bicyclic) bond motifs is 1. The number of amides is 1. The lowest BCUT2D eigenvalue weighted by molar-refractivity contribution is 0.0671. The van der Waals surface area contributed by atoms with Gasteiger partial charge in [-0.3, -0.25) is 9.59 Å². The second-order valence-corrected chi connectivity index (χ2v) is 8.18. The number of pyridine rings is 1. The van der Waals surface area contributed by atoms with Crippen LogP contribution in [0.1, 0.15) is 46.9 Å². The fourth-order valence-electron chi connectivity index (χ4n) is 4.69. The smallest absolute Gasteiger partial charge is 0.263 e. The van der Waals surface area contributed by atoms with Crippen molar-refractivity contribution in [1.82, 2.24) is 9.47 Å². The van der Waals surface area contributed by atoms with Crippen LogP contribution in [0.25, 0.3) is 0 Å². The van der Waals surface area contributed by atoms with Gasteiger partial charge in [0.1, 0.15) is 5.56 Å². The number of hydrogen-bond donors (Lipinski definition) is 0. The highest BCUT2D eigenvalue weighted by molar-refractivity contribution is 5.94. The summed E-state index contributed by atoms with van der Waals surface area (Å²) in [5.74, 6) is -0.120. The van der Waals surface area contributed by atoms with Gasteiger partial charge in [0.15, 0.2) is 0 Å². The predicted molar refractivity (Wildman–Crippen MR) is 112 cm³/mol. The largest absolute Gasteiger partial charge is 0.367 e. The molecule has 1 atom stereocenters. The van der Waals surface area contributed by atoms with E-state index in [2.05, 4.69) is 36.9 Å². The van der Waals surface area contributed by atoms with Crippen LogP contribution in [0, 0.1) is 6.92 Å². The molecule has 0 saturated carbocycles. The summed E-state index contributed by atoms with van der Waals surface area (Å²) in [5, 5.41) is 0. The molecule has 2 aromatic rings. The van der Waals surface area contributed by atoms with Crippen LogP contribution >= 0.6 is 0 Å². The van der Waals surface area contributed by atoms with Crippen LogP contribution in [0.3, 0.4) is 0 Å². The molecule has 5 nitrogen and oxygen atoms in total. The zero-order valence-electron chi connectivity index (χ0n) is 17.1. The van der Waals surface area contributed by atoms with E-state index in [4.69, 9.17) is 0 Å². The summed E-state index contributed by atoms with van der Waals surface area (Å²) in [4.78, 5) is 30.4. The second-order valence-electron chi connectivity index (χ2n) is 8.18. The summed E-state index contributed by atoms with van der Waals surface area (Å²) in [6, 6.07) is 10.3. The Hall–Kier alpha value is -2.56. The van der Waals surface area contributed by atoms with Gasteiger partial charge in [0, 0.05) is 44.1 Å². The van der Waals surface area contributed by atoms with Gasteiger partial charge in [-0.25, -0.2) is 0 Å². The first kappa shape index (κ1) is 18.8. The molecule has 0 N–H and O–H groups in total. The predicted octanol–water partition coefficient (Wildman–Crippen LogP) is 2.92. The SMILES string of the molecule is Cc1ccccc1N1CCN(C(=O)c2cc3c(n(C)c2=O)CCCC3)C(C)C1. The molecular weight excluding hydrogens is 350 g/mol. The lowest BCUT2D eigenvalue weighted by atomic mass is 9.94. The van der Waals surface area contributed by atoms with Crippen molar-refractivity contribution in [2.24, 2.45) is 7.05 Å². The van der Waals surface area contributed by atoms with Gasteiger partial charge < -0.3 is 14.4 Å². The number of hydrogen-bond acceptors (Lipinski definition) is 3. The Labute approximate surface area is 166 Å². The van der Waals surface area contributed by atoms with Gasteiger partial charge in [-0.1, -0.05) is 18.2 Å². The molecule has 1 unspecified atom stereocenters. The third-order valence-corrected chi connectivity index (χ3v) is 6.31. The van der Waals surface area contributed by atoms with Gasteiger partial charge in [0.25, 0.3) is 11.5 Å². The first-order valence-electron chi connectivity index (χ1n) is 10.3. The number of carbonyl (C=O) groups excluding carboxylic acids is 1. The Bertz CT molecular complexity index is 963. The molecular formula is C23H29N3O2. The third kappa shape index (κ3) is 3.23. The van der Waals surface area contributed by atoms with Crippen molar-refractivity contribution in [1.29, 1.82) is 0 Å². The molecule has 2 aliphatic rings. The molecule has 1 amide bonds. The van der Waals surface area contributed by atoms with Crippen molar-refractivity contribution in [2.45, 2.75) is 45.6 Å². The van der Waals surface area contributed by atoms with E-state index in [9.17, 15) is 9.59 Å². The molecule has 0 spiro atoms. The van der Waals surface area contributed by atoms with Crippen LogP contribution in [0.5, 0.6) is 0 Å². The number of benzene rings is 1. The van der Waals surface area contributed by atoms with Gasteiger partial charge in [0.05, 0.1) is 0 Å². The summed E-state index contributed by atoms with van der Waals surface area (Å²) < 4.78 is 1.70. The molecule has 1 aliphatic carbocycles. The molecule has 4 rings (SSSR count). The Morgan fingerprint density at radius 3 is 2.61 bits per heavy atom. The first-order valence-corrected chi connectivity index (χ1v) is 10.3. The average Bonchev–Trinajstić information content (AvgIpc) is 2.70. The van der Waals surface area contributed by atoms with Crippen LogP contribution < -0.4 is 10.5 Å². The van der Waals surface area contributed by atoms with Crippen LogP contribution in [0.15, 0.2) is 35.1 Å². The Morgan fingerprint density at radius 2 is 1.86 bits per heavy atom. The van der Waals surface area contributed by atoms with E-state index >= 15 is 0 Å². The molecule has 0 bridgehead atoms. The molecule has 1 aromatic heterocycles. The number of para-hydroxylation sites is 1. The van der Waals surface area contributed by atoms with E-state index in [-0.39, 0.29) is 17.5 Å². The van der Waals surface area contributed by atoms with Crippen LogP contribution in [-0.4, -0.2) is 41.1 Å². The van der Waals surface area contributed by atoms with Crippen LogP contribution in [-0.2, 0) is 19.9 Å². The highest BCUT2D eigenvalue weighted by Gasteiger charge is 2.31. The average molecular weight is 380 g/mol. The van der Waals surface area contributed by atoms with E-state index < -0.39 is 0 Å². The zero-order valence-corrected chi connectivity index (χ0v) is 17.1. The minimum absolute atomic E-state index is 0.0570. The molecule has 1 aliphatic heterocycles. The highest BCUT2D eigenvalue weighted by Crippen LogP contribution is 2.25. The third-order valence-electron chi connectivity index (χ3n) is 6.31. The molecule has 1 saturated heterocycles. The van der Waals surface area contributed by atoms with Crippen LogP contribution in [0.4, 0.5) is 5.69 Å². The summed E-state index contributed by atoms with van der Waals surface area (Å²) in [6.45, 7) is 6.39. The minimum atomic E-state index is -0.154. The van der Waals surface area contributed by atoms with Crippen molar-refractivity contribution >= 4 is 11.6 Å². The lowest BCUT2D eigenvalue weighted by Crippen LogP contribution is -2.55. The quantitative estimate of drug-likeness (QED) is 0.806. The maximum absolute atomic E-state index is 13.3. The number of piperazine rings is 1. The van der Waals surface area contributed by atoms with E-state index in [0.29, 0.717) is 12.1 Å². The summed E-state index contributed by atoms with van der Waals surface area (Å²) >= 11 is 0. The first-order chi connectivity index (χ1) is 13.5. The standard InChI is InChI=1S/C23H29N3O2/c1-16-8-4-6-10-20(16)25-12-13-26(17(2)15-25)23(28)19-14-18-9-5-7-11-21(18)24(3)22(19)27/h4,6,8,10,14,17H,5,7,9,11-13,15H2,1-3H3. The molecule has 1 aromatic carbocycles. The maximum Gasteiger partial charge on any atom is 0.263 e. The Balaban J connectivity index is 1.58. The zero-order chi connectivity index (χ0) is 19.8. The fourth-order valence-corrected chi connectivity index (χ4v) is 4.69. The van der Waals surface area contributed by atoms with Gasteiger partial charge in [-0.15, -0.1) is 0 Å². The van der Waals surface area contributed by atoms with Gasteiger partial charge in [-0.2, -0.15) is 0 Å². The maximum atomic E-state index is 13.3. The van der Waals surface area contributed by atoms with Crippen molar-refractivity contribution in [3.63, 3.8) is 0 Å². The monoisotopic (exact) mass is 379 g/mol. The summed E-state index contributed by atoms with van der Waals surface area (Å²) in [7, 11) is 1.81. The number of carbonyl (C=O) groups is 1. The molecule has 148 valence electrons. The molecule has 0 radical (unpaired) electrons. The Kier molecular flexibility index (Phi) is 5.00. The van der Waals surface area contributed by atoms with Crippen LogP contribution in [0.2, 0.25) is 0 Å². The fraction of sp³-hybridized carbons (Fsp3) is 0.478. The molecule has 5 heteroatoms. The van der Waals surface area contributed by atoms with Crippen molar-refractivity contribution in [3.05, 3.63) is 63.1 Å². The van der Waals surface area contributed by atoms with E-state index in [0.717, 1.165) is 44.5 Å². The summed E-state index contributed by atoms with van der Waals surface area (Å²) in [6.07, 6.45) is 4.14. The van der Waals surface area contributed by atoms with Gasteiger partial charge in [-0.05, 0) is 62.8 Å². The normalized spacial score (nSPS) is 19.5. The van der Waals surface area contributed by atoms with Crippen molar-refractivity contribution < 1.29 is 4.79 Å². The van der Waals surface area contributed by atoms with E-state index in [1.807, 2.05) is 24.1 Å².